The third-order valence-corrected chi connectivity index (χ3v) is 2.50. The minimum Gasteiger partial charge on any atom is -0.508 e. The van der Waals surface area contributed by atoms with Crippen molar-refractivity contribution in [2.75, 3.05) is 7.11 Å². The van der Waals surface area contributed by atoms with Gasteiger partial charge in [-0.25, -0.2) is 0 Å². The van der Waals surface area contributed by atoms with Crippen molar-refractivity contribution in [1.82, 2.24) is 0 Å². The van der Waals surface area contributed by atoms with Crippen molar-refractivity contribution in [2.45, 2.75) is 32.2 Å². The van der Waals surface area contributed by atoms with Crippen LogP contribution in [0.1, 0.15) is 37.8 Å². The van der Waals surface area contributed by atoms with Crippen LogP contribution in [0.15, 0.2) is 18.2 Å². The predicted molar refractivity (Wildman–Crippen MR) is 61.1 cm³/mol. The molecule has 1 aromatic rings. The summed E-state index contributed by atoms with van der Waals surface area (Å²) in [5.41, 5.74) is 6.76. The van der Waals surface area contributed by atoms with Crippen molar-refractivity contribution < 1.29 is 9.84 Å². The van der Waals surface area contributed by atoms with E-state index in [1.807, 2.05) is 0 Å². The molecule has 0 saturated carbocycles. The Labute approximate surface area is 90.9 Å². The van der Waals surface area contributed by atoms with Crippen LogP contribution in [0.2, 0.25) is 0 Å². The molecule has 3 N–H and O–H groups in total. The van der Waals surface area contributed by atoms with E-state index in [4.69, 9.17) is 10.5 Å². The van der Waals surface area contributed by atoms with Gasteiger partial charge in [0.15, 0.2) is 0 Å². The number of ether oxygens (including phenoxy) is 1. The van der Waals surface area contributed by atoms with Crippen molar-refractivity contribution in [1.29, 1.82) is 0 Å². The zero-order chi connectivity index (χ0) is 11.3. The first-order chi connectivity index (χ1) is 7.19. The summed E-state index contributed by atoms with van der Waals surface area (Å²) >= 11 is 0. The van der Waals surface area contributed by atoms with E-state index < -0.39 is 0 Å². The van der Waals surface area contributed by atoms with Crippen LogP contribution in [0, 0.1) is 0 Å². The summed E-state index contributed by atoms with van der Waals surface area (Å²) in [7, 11) is 1.60. The van der Waals surface area contributed by atoms with Gasteiger partial charge in [0, 0.05) is 11.6 Å². The van der Waals surface area contributed by atoms with Crippen LogP contribution in [-0.4, -0.2) is 12.2 Å². The normalized spacial score (nSPS) is 12.5. The largest absolute Gasteiger partial charge is 0.508 e. The van der Waals surface area contributed by atoms with Gasteiger partial charge in [0.25, 0.3) is 0 Å². The molecule has 1 atom stereocenters. The Hall–Kier alpha value is -1.22. The van der Waals surface area contributed by atoms with E-state index >= 15 is 0 Å². The molecule has 0 amide bonds. The van der Waals surface area contributed by atoms with Crippen molar-refractivity contribution in [3.8, 4) is 11.5 Å². The van der Waals surface area contributed by atoms with Gasteiger partial charge in [-0.15, -0.1) is 0 Å². The van der Waals surface area contributed by atoms with Crippen LogP contribution in [0.25, 0.3) is 0 Å². The lowest BCUT2D eigenvalue weighted by Gasteiger charge is -2.14. The first-order valence-electron chi connectivity index (χ1n) is 5.31. The van der Waals surface area contributed by atoms with E-state index in [-0.39, 0.29) is 11.8 Å². The number of rotatable bonds is 5. The molecule has 3 heteroatoms. The number of methoxy groups -OCH3 is 1. The van der Waals surface area contributed by atoms with Crippen LogP contribution in [0.3, 0.4) is 0 Å². The summed E-state index contributed by atoms with van der Waals surface area (Å²) < 4.78 is 5.10. The SMILES string of the molecule is CCCC[C@H](N)c1cc(OC)ccc1O. The van der Waals surface area contributed by atoms with Gasteiger partial charge < -0.3 is 15.6 Å². The van der Waals surface area contributed by atoms with Gasteiger partial charge in [-0.1, -0.05) is 19.8 Å². The van der Waals surface area contributed by atoms with Gasteiger partial charge in [0.2, 0.25) is 0 Å². The fourth-order valence-electron chi connectivity index (χ4n) is 1.54. The van der Waals surface area contributed by atoms with Crippen LogP contribution in [-0.2, 0) is 0 Å². The lowest BCUT2D eigenvalue weighted by molar-refractivity contribution is 0.408. The molecule has 0 saturated heterocycles. The predicted octanol–water partition coefficient (Wildman–Crippen LogP) is 2.59. The van der Waals surface area contributed by atoms with Crippen LogP contribution in [0.4, 0.5) is 0 Å². The van der Waals surface area contributed by atoms with Gasteiger partial charge in [-0.3, -0.25) is 0 Å². The highest BCUT2D eigenvalue weighted by Gasteiger charge is 2.11. The molecule has 84 valence electrons. The van der Waals surface area contributed by atoms with Crippen molar-refractivity contribution in [3.63, 3.8) is 0 Å². The maximum absolute atomic E-state index is 9.66. The number of aromatic hydroxyl groups is 1. The third kappa shape index (κ3) is 3.13. The van der Waals surface area contributed by atoms with Crippen LogP contribution < -0.4 is 10.5 Å². The molecule has 0 bridgehead atoms. The Morgan fingerprint density at radius 1 is 1.47 bits per heavy atom. The number of hydrogen-bond acceptors (Lipinski definition) is 3. The summed E-state index contributed by atoms with van der Waals surface area (Å²) in [6, 6.07) is 5.04. The summed E-state index contributed by atoms with van der Waals surface area (Å²) in [6.45, 7) is 2.12. The molecular formula is C12H19NO2. The number of phenols is 1. The highest BCUT2D eigenvalue weighted by Crippen LogP contribution is 2.29. The number of nitrogens with two attached hydrogens (primary N) is 1. The van der Waals surface area contributed by atoms with E-state index in [1.54, 1.807) is 25.3 Å². The Bertz CT molecular complexity index is 312. The lowest BCUT2D eigenvalue weighted by Crippen LogP contribution is -2.10. The molecule has 0 aliphatic carbocycles. The zero-order valence-electron chi connectivity index (χ0n) is 9.36. The third-order valence-electron chi connectivity index (χ3n) is 2.50. The van der Waals surface area contributed by atoms with Crippen molar-refractivity contribution in [2.24, 2.45) is 5.73 Å². The smallest absolute Gasteiger partial charge is 0.120 e. The van der Waals surface area contributed by atoms with E-state index in [1.165, 1.54) is 0 Å². The molecular weight excluding hydrogens is 190 g/mol. The maximum atomic E-state index is 9.66. The molecule has 15 heavy (non-hydrogen) atoms. The molecule has 0 fully saturated rings. The van der Waals surface area contributed by atoms with Crippen molar-refractivity contribution in [3.05, 3.63) is 23.8 Å². The number of unbranched alkanes of at least 4 members (excludes halogenated alkanes) is 1. The Morgan fingerprint density at radius 2 is 2.20 bits per heavy atom. The zero-order valence-corrected chi connectivity index (χ0v) is 9.36. The van der Waals surface area contributed by atoms with E-state index in [2.05, 4.69) is 6.92 Å². The monoisotopic (exact) mass is 209 g/mol. The average Bonchev–Trinajstić information content (AvgIpc) is 2.26. The number of hydrogen-bond donors (Lipinski definition) is 2. The first-order valence-corrected chi connectivity index (χ1v) is 5.31. The molecule has 0 spiro atoms. The van der Waals surface area contributed by atoms with Crippen molar-refractivity contribution >= 4 is 0 Å². The van der Waals surface area contributed by atoms with Gasteiger partial charge >= 0.3 is 0 Å². The standard InChI is InChI=1S/C12H19NO2/c1-3-4-5-11(13)10-8-9(15-2)6-7-12(10)14/h6-8,11,14H,3-5,13H2,1-2H3/t11-/m0/s1. The lowest BCUT2D eigenvalue weighted by atomic mass is 10.0. The fraction of sp³-hybridized carbons (Fsp3) is 0.500. The number of phenolic OH excluding ortho intramolecular Hbond substituents is 1. The Kier molecular flexibility index (Phi) is 4.43. The van der Waals surface area contributed by atoms with Gasteiger partial charge in [0.1, 0.15) is 11.5 Å². The maximum Gasteiger partial charge on any atom is 0.120 e. The number of benzene rings is 1. The fourth-order valence-corrected chi connectivity index (χ4v) is 1.54. The molecule has 0 heterocycles. The molecule has 0 unspecified atom stereocenters. The van der Waals surface area contributed by atoms with Crippen LogP contribution in [0.5, 0.6) is 11.5 Å². The molecule has 1 aromatic carbocycles. The highest BCUT2D eigenvalue weighted by molar-refractivity contribution is 5.41. The van der Waals surface area contributed by atoms with Crippen LogP contribution >= 0.6 is 0 Å². The molecule has 0 aliphatic heterocycles. The summed E-state index contributed by atoms with van der Waals surface area (Å²) in [5, 5.41) is 9.66. The highest BCUT2D eigenvalue weighted by atomic mass is 16.5. The summed E-state index contributed by atoms with van der Waals surface area (Å²) in [5.74, 6) is 0.981. The topological polar surface area (TPSA) is 55.5 Å². The second-order valence-electron chi connectivity index (χ2n) is 3.67. The Balaban J connectivity index is 2.81. The van der Waals surface area contributed by atoms with Gasteiger partial charge in [-0.05, 0) is 24.6 Å². The first kappa shape index (κ1) is 11.9. The minimum atomic E-state index is -0.111. The molecule has 0 aliphatic rings. The minimum absolute atomic E-state index is 0.111. The molecule has 3 nitrogen and oxygen atoms in total. The van der Waals surface area contributed by atoms with E-state index in [0.717, 1.165) is 30.6 Å². The second-order valence-corrected chi connectivity index (χ2v) is 3.67. The molecule has 1 rings (SSSR count). The van der Waals surface area contributed by atoms with E-state index in [9.17, 15) is 5.11 Å². The van der Waals surface area contributed by atoms with Gasteiger partial charge in [-0.2, -0.15) is 0 Å². The average molecular weight is 209 g/mol. The van der Waals surface area contributed by atoms with Gasteiger partial charge in [0.05, 0.1) is 7.11 Å². The molecule has 0 aromatic heterocycles. The summed E-state index contributed by atoms with van der Waals surface area (Å²) in [6.07, 6.45) is 3.06. The quantitative estimate of drug-likeness (QED) is 0.783. The summed E-state index contributed by atoms with van der Waals surface area (Å²) in [4.78, 5) is 0. The Morgan fingerprint density at radius 3 is 2.80 bits per heavy atom. The van der Waals surface area contributed by atoms with E-state index in [0.29, 0.717) is 0 Å². The second kappa shape index (κ2) is 5.61. The molecule has 0 radical (unpaired) electrons.